The van der Waals surface area contributed by atoms with Crippen molar-refractivity contribution in [3.05, 3.63) is 53.6 Å². The number of benzene rings is 1. The van der Waals surface area contributed by atoms with E-state index in [-0.39, 0.29) is 29.6 Å². The third-order valence-corrected chi connectivity index (χ3v) is 10.3. The van der Waals surface area contributed by atoms with Crippen LogP contribution >= 0.6 is 11.8 Å². The number of unbranched alkanes of at least 4 members (excludes halogenated alkanes) is 3. The maximum absolute atomic E-state index is 14.6. The number of carbonyl (C=O) groups excluding carboxylic acids is 3. The highest BCUT2D eigenvalue weighted by molar-refractivity contribution is 8.02. The van der Waals surface area contributed by atoms with Gasteiger partial charge in [0, 0.05) is 30.6 Å². The average molecular weight is 553 g/mol. The van der Waals surface area contributed by atoms with Gasteiger partial charge in [0.2, 0.25) is 5.91 Å². The number of aliphatic hydroxyl groups is 1. The second kappa shape index (κ2) is 11.9. The van der Waals surface area contributed by atoms with Crippen LogP contribution in [0.1, 0.15) is 56.1 Å². The first-order chi connectivity index (χ1) is 18.9. The molecule has 5 atom stereocenters. The smallest absolute Gasteiger partial charge is 0.311 e. The van der Waals surface area contributed by atoms with E-state index in [4.69, 9.17) is 9.84 Å². The number of ether oxygens (including phenoxy) is 1. The molecule has 8 heteroatoms. The lowest BCUT2D eigenvalue weighted by molar-refractivity contribution is -0.153. The Hall–Kier alpha value is -2.58. The summed E-state index contributed by atoms with van der Waals surface area (Å²) in [7, 11) is 0. The number of thioether (sulfide) groups is 1. The summed E-state index contributed by atoms with van der Waals surface area (Å²) in [6, 6.07) is 5.41. The number of carbonyl (C=O) groups is 3. The molecular weight excluding hydrogens is 512 g/mol. The minimum atomic E-state index is -0.835. The van der Waals surface area contributed by atoms with E-state index >= 15 is 0 Å². The number of aliphatic hydroxyl groups excluding tert-OH is 1. The molecule has 5 rings (SSSR count). The molecule has 0 aromatic heterocycles. The van der Waals surface area contributed by atoms with Gasteiger partial charge in [-0.1, -0.05) is 49.3 Å². The summed E-state index contributed by atoms with van der Waals surface area (Å²) < 4.78 is 4.87. The van der Waals surface area contributed by atoms with Gasteiger partial charge in [-0.15, -0.1) is 11.8 Å². The second-order valence-corrected chi connectivity index (χ2v) is 12.7. The van der Waals surface area contributed by atoms with E-state index in [0.29, 0.717) is 19.7 Å². The van der Waals surface area contributed by atoms with Crippen molar-refractivity contribution in [2.45, 2.75) is 74.8 Å². The summed E-state index contributed by atoms with van der Waals surface area (Å²) in [4.78, 5) is 45.9. The maximum atomic E-state index is 14.6. The highest BCUT2D eigenvalue weighted by Gasteiger charge is 2.70. The molecule has 4 aliphatic rings. The Labute approximate surface area is 235 Å². The van der Waals surface area contributed by atoms with E-state index in [1.165, 1.54) is 0 Å². The number of hydrogen-bond donors (Lipinski definition) is 1. The van der Waals surface area contributed by atoms with E-state index in [0.717, 1.165) is 61.8 Å². The quantitative estimate of drug-likeness (QED) is 0.308. The number of aryl methyl sites for hydroxylation is 2. The first-order valence-electron chi connectivity index (χ1n) is 14.4. The minimum Gasteiger partial charge on any atom is -0.465 e. The van der Waals surface area contributed by atoms with Crippen LogP contribution in [0.3, 0.4) is 0 Å². The van der Waals surface area contributed by atoms with Gasteiger partial charge in [0.1, 0.15) is 6.04 Å². The topological polar surface area (TPSA) is 87.2 Å². The van der Waals surface area contributed by atoms with Gasteiger partial charge in [0.15, 0.2) is 0 Å². The van der Waals surface area contributed by atoms with Crippen LogP contribution in [0.2, 0.25) is 0 Å². The zero-order chi connectivity index (χ0) is 27.6. The first-order valence-corrected chi connectivity index (χ1v) is 15.3. The highest BCUT2D eigenvalue weighted by atomic mass is 32.2. The fraction of sp³-hybridized carbons (Fsp3) is 0.581. The third-order valence-electron chi connectivity index (χ3n) is 8.56. The van der Waals surface area contributed by atoms with Crippen molar-refractivity contribution in [1.29, 1.82) is 0 Å². The Morgan fingerprint density at radius 3 is 2.69 bits per heavy atom. The number of likely N-dealkylation sites (tertiary alicyclic amines) is 1. The molecule has 210 valence electrons. The van der Waals surface area contributed by atoms with E-state index in [9.17, 15) is 14.4 Å². The minimum absolute atomic E-state index is 0.0894. The Kier molecular flexibility index (Phi) is 8.52. The van der Waals surface area contributed by atoms with E-state index in [1.807, 2.05) is 43.0 Å². The van der Waals surface area contributed by atoms with Crippen LogP contribution < -0.4 is 4.90 Å². The number of fused-ring (bicyclic) bond motifs is 2. The van der Waals surface area contributed by atoms with Gasteiger partial charge >= 0.3 is 5.97 Å². The van der Waals surface area contributed by atoms with Crippen molar-refractivity contribution in [1.82, 2.24) is 4.90 Å². The number of esters is 1. The Balaban J connectivity index is 1.55. The summed E-state index contributed by atoms with van der Waals surface area (Å²) in [6.45, 7) is 5.41. The molecule has 1 aromatic rings. The molecule has 1 spiro atoms. The molecule has 2 amide bonds. The van der Waals surface area contributed by atoms with Gasteiger partial charge in [-0.05, 0) is 63.1 Å². The molecule has 0 bridgehead atoms. The van der Waals surface area contributed by atoms with Crippen molar-refractivity contribution in [3.8, 4) is 0 Å². The van der Waals surface area contributed by atoms with Gasteiger partial charge in [0.05, 0.1) is 23.2 Å². The number of cyclic esters (lactones) is 1. The van der Waals surface area contributed by atoms with Crippen molar-refractivity contribution >= 4 is 35.2 Å². The van der Waals surface area contributed by atoms with Crippen LogP contribution in [0.25, 0.3) is 0 Å². The summed E-state index contributed by atoms with van der Waals surface area (Å²) in [5.41, 5.74) is 2.94. The van der Waals surface area contributed by atoms with Crippen molar-refractivity contribution < 1.29 is 24.2 Å². The van der Waals surface area contributed by atoms with Crippen LogP contribution in [-0.2, 0) is 19.1 Å². The van der Waals surface area contributed by atoms with E-state index in [2.05, 4.69) is 18.2 Å². The number of rotatable bonds is 7. The molecule has 4 heterocycles. The normalized spacial score (nSPS) is 31.4. The molecule has 2 fully saturated rings. The molecule has 1 unspecified atom stereocenters. The SMILES string of the molecule is Cc1ccc(C)c(N2CC=C[C@]34S[C@H]5/C=C\CCCCOC(=O)[C@H]5[C@H]3C(=O)N(CCCCCCO)C4C2=O)c1. The second-order valence-electron chi connectivity index (χ2n) is 11.2. The zero-order valence-corrected chi connectivity index (χ0v) is 23.8. The van der Waals surface area contributed by atoms with Crippen molar-refractivity contribution in [2.75, 3.05) is 31.2 Å². The van der Waals surface area contributed by atoms with E-state index < -0.39 is 22.6 Å². The Bertz CT molecular complexity index is 1170. The van der Waals surface area contributed by atoms with Gasteiger partial charge in [0.25, 0.3) is 5.91 Å². The van der Waals surface area contributed by atoms with E-state index in [1.54, 1.807) is 16.7 Å². The summed E-state index contributed by atoms with van der Waals surface area (Å²) in [5.74, 6) is -1.80. The number of allylic oxidation sites excluding steroid dienone is 1. The van der Waals surface area contributed by atoms with Crippen LogP contribution in [0.5, 0.6) is 0 Å². The highest BCUT2D eigenvalue weighted by Crippen LogP contribution is 2.60. The average Bonchev–Trinajstić information content (AvgIpc) is 3.30. The summed E-state index contributed by atoms with van der Waals surface area (Å²) >= 11 is 1.60. The standard InChI is InChI=1S/C31H40N2O5S/c1-21-13-14-22(2)23(20-21)32-17-11-15-31-26(25-24(39-31)12-7-3-6-10-19-38-30(25)37)28(35)33(27(31)29(32)36)16-8-4-5-9-18-34/h7,11-15,20,24-27,34H,3-6,8-10,16-19H2,1-2H3/b12-7-/t24-,25+,26-,27?,31-/m0/s1. The molecule has 1 aromatic carbocycles. The van der Waals surface area contributed by atoms with Crippen LogP contribution in [0.15, 0.2) is 42.5 Å². The molecule has 2 saturated heterocycles. The van der Waals surface area contributed by atoms with Crippen molar-refractivity contribution in [3.63, 3.8) is 0 Å². The molecule has 7 nitrogen and oxygen atoms in total. The predicted molar refractivity (Wildman–Crippen MR) is 154 cm³/mol. The zero-order valence-electron chi connectivity index (χ0n) is 23.0. The van der Waals surface area contributed by atoms with Crippen molar-refractivity contribution in [2.24, 2.45) is 11.8 Å². The number of amides is 2. The number of nitrogens with zero attached hydrogens (tertiary/aromatic N) is 2. The van der Waals surface area contributed by atoms with Gasteiger partial charge in [-0.25, -0.2) is 0 Å². The fourth-order valence-corrected chi connectivity index (χ4v) is 8.63. The summed E-state index contributed by atoms with van der Waals surface area (Å²) in [5, 5.41) is 8.95. The predicted octanol–water partition coefficient (Wildman–Crippen LogP) is 4.34. The summed E-state index contributed by atoms with van der Waals surface area (Å²) in [6.07, 6.45) is 14.2. The Morgan fingerprint density at radius 1 is 1.05 bits per heavy atom. The largest absolute Gasteiger partial charge is 0.465 e. The molecule has 0 aliphatic carbocycles. The molecule has 0 radical (unpaired) electrons. The molecule has 4 aliphatic heterocycles. The van der Waals surface area contributed by atoms with Crippen LogP contribution in [0.4, 0.5) is 5.69 Å². The molecule has 39 heavy (non-hydrogen) atoms. The lowest BCUT2D eigenvalue weighted by Crippen LogP contribution is -2.53. The first kappa shape index (κ1) is 28.0. The van der Waals surface area contributed by atoms with Crippen LogP contribution in [-0.4, -0.2) is 70.1 Å². The third kappa shape index (κ3) is 5.18. The van der Waals surface area contributed by atoms with Crippen LogP contribution in [0, 0.1) is 25.7 Å². The lowest BCUT2D eigenvalue weighted by Gasteiger charge is -2.35. The molecule has 0 saturated carbocycles. The molecular formula is C31H40N2O5S. The number of anilines is 1. The Morgan fingerprint density at radius 2 is 1.87 bits per heavy atom. The van der Waals surface area contributed by atoms with Gasteiger partial charge in [-0.3, -0.25) is 14.4 Å². The van der Waals surface area contributed by atoms with Gasteiger partial charge < -0.3 is 19.6 Å². The lowest BCUT2D eigenvalue weighted by atomic mass is 9.78. The number of hydrogen-bond acceptors (Lipinski definition) is 6. The fourth-order valence-electron chi connectivity index (χ4n) is 6.63. The monoisotopic (exact) mass is 552 g/mol. The maximum Gasteiger partial charge on any atom is 0.311 e. The molecule has 1 N–H and O–H groups in total. The van der Waals surface area contributed by atoms with Gasteiger partial charge in [-0.2, -0.15) is 0 Å².